The lowest BCUT2D eigenvalue weighted by Gasteiger charge is -2.29. The van der Waals surface area contributed by atoms with Gasteiger partial charge in [-0.1, -0.05) is 23.7 Å². The van der Waals surface area contributed by atoms with Gasteiger partial charge in [-0.25, -0.2) is 9.36 Å². The number of pyridine rings is 1. The highest BCUT2D eigenvalue weighted by molar-refractivity contribution is 6.30. The number of halogens is 1. The summed E-state index contributed by atoms with van der Waals surface area (Å²) in [6, 6.07) is 9.78. The van der Waals surface area contributed by atoms with E-state index < -0.39 is 0 Å². The standard InChI is InChI=1S/C25H28ClN5O2/c1-16-20(13-18(26)14-28-16)24(32)29-19-10-8-17(9-11-19)15-30-21-5-2-3-6-22(21)31(25(30)33)23-7-4-12-27-23/h2-3,5-7,13-14,17,19,27H,4,8-12,15H2,1H3,(H,29,32). The highest BCUT2D eigenvalue weighted by Gasteiger charge is 2.26. The van der Waals surface area contributed by atoms with E-state index in [4.69, 9.17) is 11.6 Å². The molecule has 5 rings (SSSR count). The summed E-state index contributed by atoms with van der Waals surface area (Å²) in [7, 11) is 0. The Morgan fingerprint density at radius 2 is 1.97 bits per heavy atom. The van der Waals surface area contributed by atoms with Crippen LogP contribution in [0.4, 0.5) is 0 Å². The number of benzene rings is 1. The van der Waals surface area contributed by atoms with Gasteiger partial charge < -0.3 is 10.6 Å². The molecule has 0 spiro atoms. The Morgan fingerprint density at radius 3 is 2.70 bits per heavy atom. The molecule has 33 heavy (non-hydrogen) atoms. The molecule has 2 aliphatic rings. The molecule has 0 unspecified atom stereocenters. The Balaban J connectivity index is 1.27. The van der Waals surface area contributed by atoms with Crippen LogP contribution in [0.25, 0.3) is 16.9 Å². The first kappa shape index (κ1) is 21.8. The molecule has 0 saturated heterocycles. The largest absolute Gasteiger partial charge is 0.371 e. The van der Waals surface area contributed by atoms with Crippen LogP contribution >= 0.6 is 11.6 Å². The topological polar surface area (TPSA) is 81.0 Å². The zero-order valence-electron chi connectivity index (χ0n) is 18.7. The second-order valence-corrected chi connectivity index (χ2v) is 9.44. The molecule has 1 aromatic carbocycles. The number of para-hydroxylation sites is 2. The molecule has 3 heterocycles. The van der Waals surface area contributed by atoms with Gasteiger partial charge in [0.15, 0.2) is 0 Å². The number of carbonyl (C=O) groups excluding carboxylic acids is 1. The first-order valence-electron chi connectivity index (χ1n) is 11.6. The summed E-state index contributed by atoms with van der Waals surface area (Å²) in [6.07, 6.45) is 8.28. The number of rotatable bonds is 5. The minimum Gasteiger partial charge on any atom is -0.371 e. The monoisotopic (exact) mass is 465 g/mol. The first-order chi connectivity index (χ1) is 16.0. The number of fused-ring (bicyclic) bond motifs is 1. The Hall–Kier alpha value is -3.06. The number of nitrogens with zero attached hydrogens (tertiary/aromatic N) is 3. The highest BCUT2D eigenvalue weighted by Crippen LogP contribution is 2.28. The molecule has 1 aliphatic carbocycles. The van der Waals surface area contributed by atoms with Crippen molar-refractivity contribution in [2.45, 2.75) is 51.6 Å². The number of carbonyl (C=O) groups is 1. The van der Waals surface area contributed by atoms with Crippen LogP contribution in [0.5, 0.6) is 0 Å². The molecule has 172 valence electrons. The van der Waals surface area contributed by atoms with Gasteiger partial charge in [0, 0.05) is 25.3 Å². The maximum absolute atomic E-state index is 13.3. The summed E-state index contributed by atoms with van der Waals surface area (Å²) in [4.78, 5) is 30.2. The van der Waals surface area contributed by atoms with Crippen molar-refractivity contribution in [3.05, 3.63) is 69.4 Å². The second-order valence-electron chi connectivity index (χ2n) is 9.00. The third kappa shape index (κ3) is 4.29. The van der Waals surface area contributed by atoms with Crippen LogP contribution in [0.1, 0.15) is 48.2 Å². The third-order valence-corrected chi connectivity index (χ3v) is 6.99. The molecule has 8 heteroatoms. The first-order valence-corrected chi connectivity index (χ1v) is 12.0. The maximum Gasteiger partial charge on any atom is 0.334 e. The molecule has 1 aliphatic heterocycles. The Morgan fingerprint density at radius 1 is 1.21 bits per heavy atom. The van der Waals surface area contributed by atoms with Crippen molar-refractivity contribution >= 4 is 34.4 Å². The molecule has 3 aromatic rings. The number of hydrogen-bond donors (Lipinski definition) is 2. The van der Waals surface area contributed by atoms with Gasteiger partial charge in [-0.3, -0.25) is 14.3 Å². The lowest BCUT2D eigenvalue weighted by molar-refractivity contribution is 0.0919. The van der Waals surface area contributed by atoms with E-state index in [0.717, 1.165) is 55.5 Å². The number of aryl methyl sites for hydroxylation is 1. The summed E-state index contributed by atoms with van der Waals surface area (Å²) in [5.41, 5.74) is 3.12. The fraction of sp³-hybridized carbons (Fsp3) is 0.400. The minimum atomic E-state index is -0.123. The predicted molar refractivity (Wildman–Crippen MR) is 130 cm³/mol. The van der Waals surface area contributed by atoms with E-state index in [1.807, 2.05) is 35.8 Å². The molecular weight excluding hydrogens is 438 g/mol. The predicted octanol–water partition coefficient (Wildman–Crippen LogP) is 3.94. The van der Waals surface area contributed by atoms with Gasteiger partial charge in [0.25, 0.3) is 5.91 Å². The summed E-state index contributed by atoms with van der Waals surface area (Å²) in [5, 5.41) is 6.93. The Kier molecular flexibility index (Phi) is 5.98. The molecule has 1 amide bonds. The van der Waals surface area contributed by atoms with Crippen molar-refractivity contribution in [2.24, 2.45) is 5.92 Å². The highest BCUT2D eigenvalue weighted by atomic mass is 35.5. The van der Waals surface area contributed by atoms with Gasteiger partial charge >= 0.3 is 5.69 Å². The Labute approximate surface area is 197 Å². The zero-order valence-corrected chi connectivity index (χ0v) is 19.4. The van der Waals surface area contributed by atoms with Crippen molar-refractivity contribution in [1.29, 1.82) is 0 Å². The average molecular weight is 466 g/mol. The molecule has 2 N–H and O–H groups in total. The summed E-state index contributed by atoms with van der Waals surface area (Å²) in [6.45, 7) is 3.37. The summed E-state index contributed by atoms with van der Waals surface area (Å²) in [5.74, 6) is 1.16. The van der Waals surface area contributed by atoms with Crippen LogP contribution in [0.15, 0.2) is 47.4 Å². The molecule has 0 bridgehead atoms. The minimum absolute atomic E-state index is 0.0104. The number of imidazole rings is 1. The van der Waals surface area contributed by atoms with Gasteiger partial charge in [0.05, 0.1) is 27.3 Å². The lowest BCUT2D eigenvalue weighted by atomic mass is 9.85. The van der Waals surface area contributed by atoms with Gasteiger partial charge in [0.2, 0.25) is 0 Å². The fourth-order valence-corrected chi connectivity index (χ4v) is 5.18. The van der Waals surface area contributed by atoms with Gasteiger partial charge in [-0.2, -0.15) is 0 Å². The molecule has 0 radical (unpaired) electrons. The second kappa shape index (κ2) is 9.06. The Bertz CT molecular complexity index is 1280. The third-order valence-electron chi connectivity index (χ3n) is 6.79. The molecule has 1 fully saturated rings. The van der Waals surface area contributed by atoms with Gasteiger partial charge in [-0.05, 0) is 69.2 Å². The van der Waals surface area contributed by atoms with E-state index in [1.54, 1.807) is 16.8 Å². The molecule has 1 saturated carbocycles. The van der Waals surface area contributed by atoms with Crippen LogP contribution in [0, 0.1) is 12.8 Å². The molecule has 7 nitrogen and oxygen atoms in total. The lowest BCUT2D eigenvalue weighted by Crippen LogP contribution is -2.39. The van der Waals surface area contributed by atoms with Crippen LogP contribution in [-0.2, 0) is 6.54 Å². The van der Waals surface area contributed by atoms with Crippen LogP contribution in [-0.4, -0.2) is 32.6 Å². The SMILES string of the molecule is Cc1ncc(Cl)cc1C(=O)NC1CCC(Cn2c(=O)n(C3=CCCN3)c3ccccc32)CC1. The number of hydrogen-bond acceptors (Lipinski definition) is 4. The van der Waals surface area contributed by atoms with Crippen molar-refractivity contribution < 1.29 is 4.79 Å². The fourth-order valence-electron chi connectivity index (χ4n) is 5.02. The van der Waals surface area contributed by atoms with Gasteiger partial charge in [0.1, 0.15) is 5.82 Å². The van der Waals surface area contributed by atoms with Gasteiger partial charge in [-0.15, -0.1) is 0 Å². The molecular formula is C25H28ClN5O2. The van der Waals surface area contributed by atoms with E-state index >= 15 is 0 Å². The van der Waals surface area contributed by atoms with Crippen LogP contribution < -0.4 is 16.3 Å². The normalized spacial score (nSPS) is 20.5. The number of nitrogens with one attached hydrogen (secondary N) is 2. The van der Waals surface area contributed by atoms with Crippen molar-refractivity contribution in [1.82, 2.24) is 24.8 Å². The zero-order chi connectivity index (χ0) is 22.9. The summed E-state index contributed by atoms with van der Waals surface area (Å²) < 4.78 is 3.72. The van der Waals surface area contributed by atoms with E-state index in [0.29, 0.717) is 28.7 Å². The van der Waals surface area contributed by atoms with E-state index in [1.165, 1.54) is 0 Å². The van der Waals surface area contributed by atoms with Crippen LogP contribution in [0.3, 0.4) is 0 Å². The van der Waals surface area contributed by atoms with Crippen molar-refractivity contribution in [2.75, 3.05) is 6.54 Å². The number of aromatic nitrogens is 3. The summed E-state index contributed by atoms with van der Waals surface area (Å²) >= 11 is 6.02. The van der Waals surface area contributed by atoms with E-state index in [2.05, 4.69) is 21.7 Å². The van der Waals surface area contributed by atoms with E-state index in [-0.39, 0.29) is 17.6 Å². The number of amides is 1. The average Bonchev–Trinajstić information content (AvgIpc) is 3.43. The van der Waals surface area contributed by atoms with E-state index in [9.17, 15) is 9.59 Å². The van der Waals surface area contributed by atoms with Crippen molar-refractivity contribution in [3.63, 3.8) is 0 Å². The smallest absolute Gasteiger partial charge is 0.334 e. The van der Waals surface area contributed by atoms with Crippen LogP contribution in [0.2, 0.25) is 5.02 Å². The molecule has 0 atom stereocenters. The van der Waals surface area contributed by atoms with Crippen molar-refractivity contribution in [3.8, 4) is 0 Å². The maximum atomic E-state index is 13.3. The molecule has 2 aromatic heterocycles. The quantitative estimate of drug-likeness (QED) is 0.598.